The van der Waals surface area contributed by atoms with Crippen molar-refractivity contribution in [3.05, 3.63) is 12.2 Å². The van der Waals surface area contributed by atoms with Gasteiger partial charge in [-0.25, -0.2) is 4.79 Å². The van der Waals surface area contributed by atoms with Crippen LogP contribution in [0.2, 0.25) is 0 Å². The van der Waals surface area contributed by atoms with E-state index in [2.05, 4.69) is 6.58 Å². The van der Waals surface area contributed by atoms with Crippen LogP contribution < -0.4 is 0 Å². The van der Waals surface area contributed by atoms with Crippen LogP contribution in [-0.4, -0.2) is 59.4 Å². The van der Waals surface area contributed by atoms with Gasteiger partial charge in [-0.05, 0) is 6.42 Å². The molecule has 6 nitrogen and oxygen atoms in total. The van der Waals surface area contributed by atoms with Crippen molar-refractivity contribution in [3.8, 4) is 0 Å². The van der Waals surface area contributed by atoms with E-state index in [1.165, 1.54) is 0 Å². The molecule has 0 aliphatic carbocycles. The lowest BCUT2D eigenvalue weighted by Gasteiger charge is -2.31. The summed E-state index contributed by atoms with van der Waals surface area (Å²) >= 11 is 0. The third-order valence-electron chi connectivity index (χ3n) is 2.60. The number of esters is 1. The van der Waals surface area contributed by atoms with Gasteiger partial charge in [-0.2, -0.15) is 0 Å². The lowest BCUT2D eigenvalue weighted by molar-refractivity contribution is -0.166. The van der Waals surface area contributed by atoms with Gasteiger partial charge in [-0.3, -0.25) is 0 Å². The summed E-state index contributed by atoms with van der Waals surface area (Å²) < 4.78 is 10.1. The summed E-state index contributed by atoms with van der Waals surface area (Å²) in [5, 5.41) is 27.6. The number of hydrogen-bond acceptors (Lipinski definition) is 6. The Morgan fingerprint density at radius 1 is 1.47 bits per heavy atom. The lowest BCUT2D eigenvalue weighted by Crippen LogP contribution is -2.47. The summed E-state index contributed by atoms with van der Waals surface area (Å²) in [7, 11) is 0. The molecule has 98 valence electrons. The van der Waals surface area contributed by atoms with Gasteiger partial charge in [0.25, 0.3) is 0 Å². The fraction of sp³-hybridized carbons (Fsp3) is 0.727. The van der Waals surface area contributed by atoms with Crippen LogP contribution in [0.25, 0.3) is 0 Å². The minimum atomic E-state index is -1.05. The van der Waals surface area contributed by atoms with E-state index in [1.807, 2.05) is 0 Å². The van der Waals surface area contributed by atoms with Crippen LogP contribution in [0.4, 0.5) is 0 Å². The quantitative estimate of drug-likeness (QED) is 0.424. The zero-order valence-electron chi connectivity index (χ0n) is 9.54. The van der Waals surface area contributed by atoms with Crippen LogP contribution >= 0.6 is 0 Å². The van der Waals surface area contributed by atoms with E-state index in [9.17, 15) is 15.0 Å². The molecule has 0 aromatic rings. The summed E-state index contributed by atoms with van der Waals surface area (Å²) in [4.78, 5) is 11.3. The molecule has 0 aromatic carbocycles. The summed E-state index contributed by atoms with van der Waals surface area (Å²) in [5.41, 5.74) is 0.165. The lowest BCUT2D eigenvalue weighted by atomic mass is 10.0. The topological polar surface area (TPSA) is 96.2 Å². The van der Waals surface area contributed by atoms with Crippen molar-refractivity contribution in [1.82, 2.24) is 0 Å². The van der Waals surface area contributed by atoms with Crippen LogP contribution in [-0.2, 0) is 14.3 Å². The van der Waals surface area contributed by atoms with Crippen molar-refractivity contribution in [2.75, 3.05) is 19.8 Å². The van der Waals surface area contributed by atoms with Gasteiger partial charge in [0.15, 0.2) is 0 Å². The van der Waals surface area contributed by atoms with E-state index in [1.54, 1.807) is 0 Å². The fourth-order valence-corrected chi connectivity index (χ4v) is 1.50. The molecule has 0 spiro atoms. The maximum absolute atomic E-state index is 11.3. The monoisotopic (exact) mass is 246 g/mol. The first kappa shape index (κ1) is 14.1. The summed E-state index contributed by atoms with van der Waals surface area (Å²) in [6.45, 7) is 3.46. The minimum Gasteiger partial charge on any atom is -0.459 e. The average Bonchev–Trinajstić information content (AvgIpc) is 2.31. The Morgan fingerprint density at radius 3 is 2.82 bits per heavy atom. The van der Waals surface area contributed by atoms with Crippen LogP contribution in [0.15, 0.2) is 12.2 Å². The van der Waals surface area contributed by atoms with Gasteiger partial charge in [0.2, 0.25) is 0 Å². The molecule has 0 saturated carbocycles. The standard InChI is InChI=1S/C11H18O6/c1-7(2-4-12)11(15)17-6-9-10(14)8(13)3-5-16-9/h8-10,12-14H,1-6H2/t8-,9-,10+/m1/s1. The zero-order chi connectivity index (χ0) is 12.8. The van der Waals surface area contributed by atoms with Crippen LogP contribution in [0.5, 0.6) is 0 Å². The Hall–Kier alpha value is -0.950. The second-order valence-electron chi connectivity index (χ2n) is 3.93. The van der Waals surface area contributed by atoms with E-state index >= 15 is 0 Å². The van der Waals surface area contributed by atoms with Crippen molar-refractivity contribution < 1.29 is 29.6 Å². The largest absolute Gasteiger partial charge is 0.459 e. The molecule has 1 rings (SSSR count). The van der Waals surface area contributed by atoms with Crippen LogP contribution in [0.3, 0.4) is 0 Å². The number of carbonyl (C=O) groups excluding carboxylic acids is 1. The number of rotatable bonds is 5. The molecule has 1 heterocycles. The Kier molecular flexibility index (Phi) is 5.57. The molecule has 0 aromatic heterocycles. The molecule has 0 bridgehead atoms. The summed E-state index contributed by atoms with van der Waals surface area (Å²) in [5.74, 6) is -0.630. The smallest absolute Gasteiger partial charge is 0.333 e. The highest BCUT2D eigenvalue weighted by Crippen LogP contribution is 2.15. The van der Waals surface area contributed by atoms with Crippen molar-refractivity contribution in [2.24, 2.45) is 0 Å². The van der Waals surface area contributed by atoms with Gasteiger partial charge in [-0.15, -0.1) is 0 Å². The Labute approximate surface area is 99.5 Å². The van der Waals surface area contributed by atoms with Gasteiger partial charge in [-0.1, -0.05) is 6.58 Å². The molecule has 17 heavy (non-hydrogen) atoms. The summed E-state index contributed by atoms with van der Waals surface area (Å²) in [6.07, 6.45) is -2.11. The van der Waals surface area contributed by atoms with E-state index in [0.29, 0.717) is 13.0 Å². The predicted molar refractivity (Wildman–Crippen MR) is 58.2 cm³/mol. The van der Waals surface area contributed by atoms with Gasteiger partial charge < -0.3 is 24.8 Å². The molecule has 1 saturated heterocycles. The molecule has 3 atom stereocenters. The van der Waals surface area contributed by atoms with E-state index in [-0.39, 0.29) is 25.2 Å². The first-order chi connectivity index (χ1) is 8.06. The minimum absolute atomic E-state index is 0.137. The molecule has 0 amide bonds. The molecule has 0 unspecified atom stereocenters. The van der Waals surface area contributed by atoms with Crippen molar-refractivity contribution >= 4 is 5.97 Å². The summed E-state index contributed by atoms with van der Waals surface area (Å²) in [6, 6.07) is 0. The van der Waals surface area contributed by atoms with E-state index < -0.39 is 24.3 Å². The third kappa shape index (κ3) is 4.08. The van der Waals surface area contributed by atoms with Crippen LogP contribution in [0, 0.1) is 0 Å². The van der Waals surface area contributed by atoms with Crippen LogP contribution in [0.1, 0.15) is 12.8 Å². The van der Waals surface area contributed by atoms with E-state index in [4.69, 9.17) is 14.6 Å². The molecule has 1 aliphatic rings. The first-order valence-electron chi connectivity index (χ1n) is 5.49. The third-order valence-corrected chi connectivity index (χ3v) is 2.60. The Morgan fingerprint density at radius 2 is 2.18 bits per heavy atom. The van der Waals surface area contributed by atoms with Gasteiger partial charge in [0, 0.05) is 25.2 Å². The number of hydrogen-bond donors (Lipinski definition) is 3. The Balaban J connectivity index is 2.34. The molecule has 6 heteroatoms. The molecule has 1 aliphatic heterocycles. The first-order valence-corrected chi connectivity index (χ1v) is 5.49. The maximum atomic E-state index is 11.3. The molecule has 1 fully saturated rings. The highest BCUT2D eigenvalue weighted by Gasteiger charge is 2.32. The molecular formula is C11H18O6. The van der Waals surface area contributed by atoms with Gasteiger partial charge >= 0.3 is 5.97 Å². The molecule has 3 N–H and O–H groups in total. The van der Waals surface area contributed by atoms with Crippen molar-refractivity contribution in [2.45, 2.75) is 31.2 Å². The molecular weight excluding hydrogens is 228 g/mol. The van der Waals surface area contributed by atoms with Gasteiger partial charge in [0.1, 0.15) is 18.8 Å². The predicted octanol–water partition coefficient (Wildman–Crippen LogP) is -1.02. The van der Waals surface area contributed by atoms with Crippen molar-refractivity contribution in [1.29, 1.82) is 0 Å². The van der Waals surface area contributed by atoms with E-state index in [0.717, 1.165) is 0 Å². The second-order valence-corrected chi connectivity index (χ2v) is 3.93. The highest BCUT2D eigenvalue weighted by molar-refractivity contribution is 5.87. The average molecular weight is 246 g/mol. The fourth-order valence-electron chi connectivity index (χ4n) is 1.50. The molecule has 0 radical (unpaired) electrons. The number of carbonyl (C=O) groups is 1. The zero-order valence-corrected chi connectivity index (χ0v) is 9.54. The number of aliphatic hydroxyl groups is 3. The normalized spacial score (nSPS) is 28.8. The maximum Gasteiger partial charge on any atom is 0.333 e. The SMILES string of the molecule is C=C(CCO)C(=O)OC[C@H]1OCC[C@@H](O)[C@@H]1O. The Bertz CT molecular complexity index is 277. The number of aliphatic hydroxyl groups excluding tert-OH is 3. The van der Waals surface area contributed by atoms with Crippen molar-refractivity contribution in [3.63, 3.8) is 0 Å². The highest BCUT2D eigenvalue weighted by atomic mass is 16.6. The second kappa shape index (κ2) is 6.70. The van der Waals surface area contributed by atoms with Gasteiger partial charge in [0.05, 0.1) is 6.10 Å². The number of ether oxygens (including phenoxy) is 2.